The van der Waals surface area contributed by atoms with Crippen molar-refractivity contribution in [2.24, 2.45) is 11.8 Å². The van der Waals surface area contributed by atoms with E-state index in [0.717, 1.165) is 37.8 Å². The van der Waals surface area contributed by atoms with E-state index in [4.69, 9.17) is 22.2 Å². The van der Waals surface area contributed by atoms with Crippen LogP contribution in [-0.4, -0.2) is 48.3 Å². The number of hydrogen-bond acceptors (Lipinski definition) is 5. The summed E-state index contributed by atoms with van der Waals surface area (Å²) >= 11 is 5.24. The van der Waals surface area contributed by atoms with Gasteiger partial charge in [0.15, 0.2) is 5.11 Å². The number of nitrogens with zero attached hydrogens (tertiary/aromatic N) is 4. The van der Waals surface area contributed by atoms with Gasteiger partial charge >= 0.3 is 0 Å². The highest BCUT2D eigenvalue weighted by atomic mass is 32.1. The first-order valence-electron chi connectivity index (χ1n) is 9.43. The van der Waals surface area contributed by atoms with E-state index >= 15 is 0 Å². The Hall–Kier alpha value is -1.63. The summed E-state index contributed by atoms with van der Waals surface area (Å²) in [5.74, 6) is 4.02. The van der Waals surface area contributed by atoms with Crippen molar-refractivity contribution >= 4 is 34.9 Å². The summed E-state index contributed by atoms with van der Waals surface area (Å²) in [6, 6.07) is 2.16. The SMILES string of the molecule is CNC(=S)Nc1nc(N2CCC[C@@H](C)C2)cc(N2CCC[C@H](C)C2)n1. The minimum Gasteiger partial charge on any atom is -0.365 e. The van der Waals surface area contributed by atoms with Crippen molar-refractivity contribution in [1.29, 1.82) is 0 Å². The van der Waals surface area contributed by atoms with Crippen LogP contribution in [0.1, 0.15) is 39.5 Å². The molecule has 2 atom stereocenters. The number of hydrogen-bond donors (Lipinski definition) is 2. The second-order valence-electron chi connectivity index (χ2n) is 7.50. The summed E-state index contributed by atoms with van der Waals surface area (Å²) in [6.45, 7) is 8.87. The fraction of sp³-hybridized carbons (Fsp3) is 0.722. The van der Waals surface area contributed by atoms with E-state index in [1.807, 2.05) is 0 Å². The zero-order chi connectivity index (χ0) is 17.8. The lowest BCUT2D eigenvalue weighted by atomic mass is 10.00. The van der Waals surface area contributed by atoms with E-state index in [1.165, 1.54) is 25.7 Å². The summed E-state index contributed by atoms with van der Waals surface area (Å²) in [6.07, 6.45) is 5.04. The average molecular weight is 363 g/mol. The first kappa shape index (κ1) is 18.2. The van der Waals surface area contributed by atoms with Crippen LogP contribution in [-0.2, 0) is 0 Å². The summed E-state index contributed by atoms with van der Waals surface area (Å²) < 4.78 is 0. The van der Waals surface area contributed by atoms with Gasteiger partial charge in [0.25, 0.3) is 0 Å². The number of anilines is 3. The van der Waals surface area contributed by atoms with Crippen LogP contribution < -0.4 is 20.4 Å². The zero-order valence-electron chi connectivity index (χ0n) is 15.6. The Balaban J connectivity index is 1.88. The minimum absolute atomic E-state index is 0.544. The number of aromatic nitrogens is 2. The molecule has 1 aromatic rings. The van der Waals surface area contributed by atoms with Crippen molar-refractivity contribution < 1.29 is 0 Å². The van der Waals surface area contributed by atoms with Gasteiger partial charge in [-0.25, -0.2) is 0 Å². The van der Waals surface area contributed by atoms with Crippen LogP contribution in [0.25, 0.3) is 0 Å². The normalized spacial score (nSPS) is 24.1. The Morgan fingerprint density at radius 1 is 1.04 bits per heavy atom. The molecule has 2 saturated heterocycles. The number of thiocarbonyl (C=S) groups is 1. The van der Waals surface area contributed by atoms with Gasteiger partial charge in [-0.05, 0) is 49.7 Å². The van der Waals surface area contributed by atoms with Crippen LogP contribution in [0.5, 0.6) is 0 Å². The molecule has 138 valence electrons. The maximum atomic E-state index is 5.24. The molecule has 25 heavy (non-hydrogen) atoms. The molecule has 0 bridgehead atoms. The van der Waals surface area contributed by atoms with Gasteiger partial charge in [0.05, 0.1) is 0 Å². The number of nitrogens with one attached hydrogen (secondary N) is 2. The lowest BCUT2D eigenvalue weighted by Crippen LogP contribution is -2.37. The van der Waals surface area contributed by atoms with Crippen LogP contribution in [0.4, 0.5) is 17.6 Å². The Kier molecular flexibility index (Phi) is 5.93. The molecular formula is C18H30N6S. The largest absolute Gasteiger partial charge is 0.365 e. The summed E-state index contributed by atoms with van der Waals surface area (Å²) in [7, 11) is 1.80. The third-order valence-electron chi connectivity index (χ3n) is 5.11. The van der Waals surface area contributed by atoms with Crippen LogP contribution >= 0.6 is 12.2 Å². The molecule has 0 amide bonds. The van der Waals surface area contributed by atoms with Gasteiger partial charge in [-0.1, -0.05) is 13.8 Å². The molecule has 0 spiro atoms. The average Bonchev–Trinajstić information content (AvgIpc) is 2.61. The quantitative estimate of drug-likeness (QED) is 0.802. The molecule has 0 aliphatic carbocycles. The molecule has 0 radical (unpaired) electrons. The second-order valence-corrected chi connectivity index (χ2v) is 7.91. The van der Waals surface area contributed by atoms with Crippen LogP contribution in [0, 0.1) is 11.8 Å². The molecule has 6 nitrogen and oxygen atoms in total. The van der Waals surface area contributed by atoms with E-state index in [2.05, 4.69) is 40.3 Å². The van der Waals surface area contributed by atoms with E-state index in [0.29, 0.717) is 22.9 Å². The summed E-state index contributed by atoms with van der Waals surface area (Å²) in [4.78, 5) is 14.3. The number of piperidine rings is 2. The van der Waals surface area contributed by atoms with Crippen molar-refractivity contribution in [3.8, 4) is 0 Å². The molecule has 0 aromatic carbocycles. The highest BCUT2D eigenvalue weighted by Crippen LogP contribution is 2.28. The lowest BCUT2D eigenvalue weighted by Gasteiger charge is -2.35. The van der Waals surface area contributed by atoms with E-state index in [9.17, 15) is 0 Å². The van der Waals surface area contributed by atoms with Crippen LogP contribution in [0.15, 0.2) is 6.07 Å². The molecule has 2 aliphatic heterocycles. The Morgan fingerprint density at radius 3 is 2.00 bits per heavy atom. The maximum Gasteiger partial charge on any atom is 0.232 e. The first-order valence-corrected chi connectivity index (χ1v) is 9.83. The monoisotopic (exact) mass is 362 g/mol. The predicted octanol–water partition coefficient (Wildman–Crippen LogP) is 2.87. The van der Waals surface area contributed by atoms with Gasteiger partial charge in [-0.3, -0.25) is 0 Å². The molecule has 3 rings (SSSR count). The molecule has 0 saturated carbocycles. The molecule has 1 aromatic heterocycles. The molecule has 0 unspecified atom stereocenters. The van der Waals surface area contributed by atoms with Gasteiger partial charge in [0.1, 0.15) is 11.6 Å². The van der Waals surface area contributed by atoms with Crippen molar-refractivity contribution in [2.45, 2.75) is 39.5 Å². The molecule has 2 aliphatic rings. The lowest BCUT2D eigenvalue weighted by molar-refractivity contribution is 0.441. The minimum atomic E-state index is 0.544. The highest BCUT2D eigenvalue weighted by Gasteiger charge is 2.22. The van der Waals surface area contributed by atoms with E-state index < -0.39 is 0 Å². The highest BCUT2D eigenvalue weighted by molar-refractivity contribution is 7.80. The van der Waals surface area contributed by atoms with Crippen molar-refractivity contribution in [3.05, 3.63) is 6.07 Å². The first-order chi connectivity index (χ1) is 12.0. The Morgan fingerprint density at radius 2 is 1.56 bits per heavy atom. The van der Waals surface area contributed by atoms with Crippen molar-refractivity contribution in [2.75, 3.05) is 48.3 Å². The third-order valence-corrected chi connectivity index (χ3v) is 5.42. The third kappa shape index (κ3) is 4.71. The second kappa shape index (κ2) is 8.17. The van der Waals surface area contributed by atoms with Crippen molar-refractivity contribution in [3.63, 3.8) is 0 Å². The standard InChI is InChI=1S/C18H30N6S/c1-13-6-4-8-23(11-13)15-10-16(24-9-5-7-14(2)12-24)21-17(20-15)22-18(25)19-3/h10,13-14H,4-9,11-12H2,1-3H3,(H2,19,20,21,22,25)/t13-,14+. The molecule has 7 heteroatoms. The molecule has 2 N–H and O–H groups in total. The van der Waals surface area contributed by atoms with Crippen LogP contribution in [0.2, 0.25) is 0 Å². The smallest absolute Gasteiger partial charge is 0.232 e. The van der Waals surface area contributed by atoms with Gasteiger partial charge in [-0.15, -0.1) is 0 Å². The van der Waals surface area contributed by atoms with E-state index in [1.54, 1.807) is 7.05 Å². The topological polar surface area (TPSA) is 56.3 Å². The van der Waals surface area contributed by atoms with E-state index in [-0.39, 0.29) is 0 Å². The Labute approximate surface area is 156 Å². The van der Waals surface area contributed by atoms with Gasteiger partial charge in [-0.2, -0.15) is 9.97 Å². The molecule has 2 fully saturated rings. The maximum absolute atomic E-state index is 5.24. The fourth-order valence-corrected chi connectivity index (χ4v) is 3.85. The molecule has 3 heterocycles. The van der Waals surface area contributed by atoms with Crippen LogP contribution in [0.3, 0.4) is 0 Å². The predicted molar refractivity (Wildman–Crippen MR) is 109 cm³/mol. The van der Waals surface area contributed by atoms with Gasteiger partial charge in [0.2, 0.25) is 5.95 Å². The fourth-order valence-electron chi connectivity index (χ4n) is 3.76. The van der Waals surface area contributed by atoms with Gasteiger partial charge in [0, 0.05) is 39.3 Å². The van der Waals surface area contributed by atoms with Crippen molar-refractivity contribution in [1.82, 2.24) is 15.3 Å². The zero-order valence-corrected chi connectivity index (χ0v) is 16.4. The number of rotatable bonds is 3. The van der Waals surface area contributed by atoms with Gasteiger partial charge < -0.3 is 20.4 Å². The molecular weight excluding hydrogens is 332 g/mol. The Bertz CT molecular complexity index is 567. The summed E-state index contributed by atoms with van der Waals surface area (Å²) in [5.41, 5.74) is 0. The summed E-state index contributed by atoms with van der Waals surface area (Å²) in [5, 5.41) is 6.60.